The van der Waals surface area contributed by atoms with Crippen molar-refractivity contribution in [2.45, 2.75) is 19.4 Å². The highest BCUT2D eigenvalue weighted by Gasteiger charge is 2.20. The number of carbonyl (C=O) groups excluding carboxylic acids is 1. The molecule has 5 heteroatoms. The Bertz CT molecular complexity index is 303. The van der Waals surface area contributed by atoms with Gasteiger partial charge in [0, 0.05) is 12.7 Å². The van der Waals surface area contributed by atoms with E-state index in [1.807, 2.05) is 6.07 Å². The first-order valence-electron chi connectivity index (χ1n) is 5.33. The smallest absolute Gasteiger partial charge is 0.224 e. The number of nitrogens with one attached hydrogen (secondary N) is 3. The normalized spacial score (nSPS) is 21.2. The standard InChI is InChI=1S/C10H16N4O/c15-10(8-2-1-4-11-6-8)12-7-9-3-5-13-14-9/h3,5,8,11H,1-2,4,6-7H2,(H,12,15)(H,13,14)/t8-/m0/s1. The molecule has 2 rings (SSSR count). The summed E-state index contributed by atoms with van der Waals surface area (Å²) in [6.07, 6.45) is 3.76. The summed E-state index contributed by atoms with van der Waals surface area (Å²) in [5.41, 5.74) is 0.937. The van der Waals surface area contributed by atoms with E-state index in [-0.39, 0.29) is 11.8 Å². The number of hydrogen-bond donors (Lipinski definition) is 3. The number of aromatic amines is 1. The van der Waals surface area contributed by atoms with Gasteiger partial charge in [-0.1, -0.05) is 0 Å². The summed E-state index contributed by atoms with van der Waals surface area (Å²) in [5.74, 6) is 0.262. The van der Waals surface area contributed by atoms with Gasteiger partial charge in [-0.3, -0.25) is 9.89 Å². The third-order valence-electron chi connectivity index (χ3n) is 2.68. The Hall–Kier alpha value is -1.36. The van der Waals surface area contributed by atoms with Gasteiger partial charge < -0.3 is 10.6 Å². The Morgan fingerprint density at radius 2 is 2.60 bits per heavy atom. The molecule has 1 aromatic rings. The van der Waals surface area contributed by atoms with Crippen LogP contribution in [0.3, 0.4) is 0 Å². The number of hydrogen-bond acceptors (Lipinski definition) is 3. The van der Waals surface area contributed by atoms with Crippen LogP contribution in [0.25, 0.3) is 0 Å². The predicted molar refractivity (Wildman–Crippen MR) is 56.0 cm³/mol. The van der Waals surface area contributed by atoms with E-state index in [1.54, 1.807) is 6.20 Å². The van der Waals surface area contributed by atoms with E-state index in [9.17, 15) is 4.79 Å². The molecular weight excluding hydrogens is 192 g/mol. The molecule has 5 nitrogen and oxygen atoms in total. The molecule has 0 unspecified atom stereocenters. The molecule has 1 aromatic heterocycles. The van der Waals surface area contributed by atoms with Crippen molar-refractivity contribution in [1.82, 2.24) is 20.8 Å². The van der Waals surface area contributed by atoms with Crippen molar-refractivity contribution in [3.8, 4) is 0 Å². The van der Waals surface area contributed by atoms with Crippen molar-refractivity contribution in [2.24, 2.45) is 5.92 Å². The Labute approximate surface area is 88.6 Å². The predicted octanol–water partition coefficient (Wildman–Crippen LogP) is 0.0255. The fraction of sp³-hybridized carbons (Fsp3) is 0.600. The van der Waals surface area contributed by atoms with Crippen molar-refractivity contribution in [2.75, 3.05) is 13.1 Å². The fourth-order valence-electron chi connectivity index (χ4n) is 1.79. The molecule has 1 saturated heterocycles. The topological polar surface area (TPSA) is 69.8 Å². The summed E-state index contributed by atoms with van der Waals surface area (Å²) in [6.45, 7) is 2.37. The van der Waals surface area contributed by atoms with Crippen molar-refractivity contribution in [3.05, 3.63) is 18.0 Å². The van der Waals surface area contributed by atoms with Gasteiger partial charge in [0.15, 0.2) is 0 Å². The van der Waals surface area contributed by atoms with Crippen LogP contribution >= 0.6 is 0 Å². The number of H-pyrrole nitrogens is 1. The van der Waals surface area contributed by atoms with Crippen molar-refractivity contribution in [3.63, 3.8) is 0 Å². The molecule has 1 amide bonds. The maximum absolute atomic E-state index is 11.7. The van der Waals surface area contributed by atoms with Crippen LogP contribution in [0.15, 0.2) is 12.3 Å². The zero-order chi connectivity index (χ0) is 10.5. The average Bonchev–Trinajstić information content (AvgIpc) is 2.80. The summed E-state index contributed by atoms with van der Waals surface area (Å²) >= 11 is 0. The van der Waals surface area contributed by atoms with Crippen molar-refractivity contribution >= 4 is 5.91 Å². The van der Waals surface area contributed by atoms with E-state index in [0.717, 1.165) is 31.6 Å². The first-order chi connectivity index (χ1) is 7.36. The summed E-state index contributed by atoms with van der Waals surface area (Å²) in [7, 11) is 0. The number of amides is 1. The van der Waals surface area contributed by atoms with Gasteiger partial charge in [0.05, 0.1) is 18.2 Å². The molecule has 82 valence electrons. The van der Waals surface area contributed by atoms with Crippen LogP contribution in [-0.4, -0.2) is 29.2 Å². The molecule has 0 aliphatic carbocycles. The molecule has 2 heterocycles. The van der Waals surface area contributed by atoms with Crippen LogP contribution in [0, 0.1) is 5.92 Å². The number of rotatable bonds is 3. The summed E-state index contributed by atoms with van der Waals surface area (Å²) < 4.78 is 0. The molecule has 1 aliphatic heterocycles. The van der Waals surface area contributed by atoms with Gasteiger partial charge in [-0.25, -0.2) is 0 Å². The molecule has 1 fully saturated rings. The largest absolute Gasteiger partial charge is 0.350 e. The number of carbonyl (C=O) groups is 1. The molecule has 1 aliphatic rings. The van der Waals surface area contributed by atoms with Gasteiger partial charge in [-0.05, 0) is 25.5 Å². The van der Waals surface area contributed by atoms with Crippen LogP contribution < -0.4 is 10.6 Å². The van der Waals surface area contributed by atoms with E-state index in [1.165, 1.54) is 0 Å². The second-order valence-corrected chi connectivity index (χ2v) is 3.84. The highest BCUT2D eigenvalue weighted by Crippen LogP contribution is 2.09. The van der Waals surface area contributed by atoms with Gasteiger partial charge in [-0.15, -0.1) is 0 Å². The fourth-order valence-corrected chi connectivity index (χ4v) is 1.79. The highest BCUT2D eigenvalue weighted by atomic mass is 16.1. The number of nitrogens with zero attached hydrogens (tertiary/aromatic N) is 1. The molecular formula is C10H16N4O. The zero-order valence-electron chi connectivity index (χ0n) is 8.62. The van der Waals surface area contributed by atoms with Gasteiger partial charge in [0.1, 0.15) is 0 Å². The summed E-state index contributed by atoms with van der Waals surface area (Å²) in [4.78, 5) is 11.7. The molecule has 0 spiro atoms. The third-order valence-corrected chi connectivity index (χ3v) is 2.68. The second-order valence-electron chi connectivity index (χ2n) is 3.84. The van der Waals surface area contributed by atoms with Crippen LogP contribution in [0.4, 0.5) is 0 Å². The van der Waals surface area contributed by atoms with E-state index in [0.29, 0.717) is 6.54 Å². The minimum atomic E-state index is 0.127. The van der Waals surface area contributed by atoms with Crippen LogP contribution in [0.2, 0.25) is 0 Å². The highest BCUT2D eigenvalue weighted by molar-refractivity contribution is 5.78. The monoisotopic (exact) mass is 208 g/mol. The van der Waals surface area contributed by atoms with Gasteiger partial charge in [0.2, 0.25) is 5.91 Å². The van der Waals surface area contributed by atoms with E-state index in [4.69, 9.17) is 0 Å². The minimum absolute atomic E-state index is 0.127. The van der Waals surface area contributed by atoms with Crippen molar-refractivity contribution in [1.29, 1.82) is 0 Å². The quantitative estimate of drug-likeness (QED) is 0.656. The number of aromatic nitrogens is 2. The van der Waals surface area contributed by atoms with Crippen LogP contribution in [0.1, 0.15) is 18.5 Å². The van der Waals surface area contributed by atoms with E-state index >= 15 is 0 Å². The maximum atomic E-state index is 11.7. The van der Waals surface area contributed by atoms with E-state index < -0.39 is 0 Å². The Morgan fingerprint density at radius 3 is 3.27 bits per heavy atom. The summed E-state index contributed by atoms with van der Waals surface area (Å²) in [5, 5.41) is 12.8. The molecule has 0 bridgehead atoms. The zero-order valence-corrected chi connectivity index (χ0v) is 8.62. The molecule has 1 atom stereocenters. The lowest BCUT2D eigenvalue weighted by molar-refractivity contribution is -0.125. The maximum Gasteiger partial charge on any atom is 0.224 e. The SMILES string of the molecule is O=C(NCc1ccn[nH]1)[C@H]1CCCNC1. The number of piperidine rings is 1. The van der Waals surface area contributed by atoms with Crippen molar-refractivity contribution < 1.29 is 4.79 Å². The van der Waals surface area contributed by atoms with Crippen LogP contribution in [-0.2, 0) is 11.3 Å². The minimum Gasteiger partial charge on any atom is -0.350 e. The Kier molecular flexibility index (Phi) is 3.34. The van der Waals surface area contributed by atoms with Crippen LogP contribution in [0.5, 0.6) is 0 Å². The summed E-state index contributed by atoms with van der Waals surface area (Å²) in [6, 6.07) is 1.86. The second kappa shape index (κ2) is 4.93. The van der Waals surface area contributed by atoms with Gasteiger partial charge in [0.25, 0.3) is 0 Å². The molecule has 3 N–H and O–H groups in total. The molecule has 0 aromatic carbocycles. The van der Waals surface area contributed by atoms with Gasteiger partial charge >= 0.3 is 0 Å². The lowest BCUT2D eigenvalue weighted by Crippen LogP contribution is -2.40. The van der Waals surface area contributed by atoms with Gasteiger partial charge in [-0.2, -0.15) is 5.10 Å². The molecule has 0 saturated carbocycles. The first-order valence-corrected chi connectivity index (χ1v) is 5.33. The average molecular weight is 208 g/mol. The lowest BCUT2D eigenvalue weighted by atomic mass is 9.99. The molecule has 15 heavy (non-hydrogen) atoms. The Balaban J connectivity index is 1.76. The Morgan fingerprint density at radius 1 is 1.67 bits per heavy atom. The third kappa shape index (κ3) is 2.79. The first kappa shape index (κ1) is 10.2. The molecule has 0 radical (unpaired) electrons. The lowest BCUT2D eigenvalue weighted by Gasteiger charge is -2.21. The van der Waals surface area contributed by atoms with E-state index in [2.05, 4.69) is 20.8 Å².